The number of nitrogens with one attached hydrogen (secondary N) is 2. The maximum Gasteiger partial charge on any atom is 0.416 e. The first-order valence-corrected chi connectivity index (χ1v) is 7.32. The number of nitrogens with zero attached hydrogens (tertiary/aromatic N) is 1. The lowest BCUT2D eigenvalue weighted by molar-refractivity contribution is -0.137. The summed E-state index contributed by atoms with van der Waals surface area (Å²) in [6.45, 7) is 0.273. The van der Waals surface area contributed by atoms with Crippen LogP contribution in [0.2, 0.25) is 0 Å². The van der Waals surface area contributed by atoms with Gasteiger partial charge in [-0.15, -0.1) is 0 Å². The molecule has 0 aliphatic rings. The number of fused-ring (bicyclic) bond motifs is 1. The smallest absolute Gasteiger partial charge is 0.352 e. The van der Waals surface area contributed by atoms with E-state index in [0.29, 0.717) is 12.2 Å². The topological polar surface area (TPSA) is 57.8 Å². The molecule has 1 aromatic heterocycles. The van der Waals surface area contributed by atoms with Crippen LogP contribution in [0, 0.1) is 0 Å². The summed E-state index contributed by atoms with van der Waals surface area (Å²) in [5, 5.41) is 2.60. The molecular weight excluding hydrogens is 319 g/mol. The molecule has 0 spiro atoms. The maximum absolute atomic E-state index is 12.7. The van der Waals surface area contributed by atoms with Crippen molar-refractivity contribution in [1.82, 2.24) is 15.3 Å². The van der Waals surface area contributed by atoms with Crippen molar-refractivity contribution in [3.8, 4) is 0 Å². The van der Waals surface area contributed by atoms with Crippen molar-refractivity contribution in [1.29, 1.82) is 0 Å². The van der Waals surface area contributed by atoms with Gasteiger partial charge in [-0.1, -0.05) is 18.2 Å². The number of hydrogen-bond acceptors (Lipinski definition) is 2. The van der Waals surface area contributed by atoms with Gasteiger partial charge in [0.2, 0.25) is 0 Å². The lowest BCUT2D eigenvalue weighted by Crippen LogP contribution is -2.26. The first-order chi connectivity index (χ1) is 11.4. The molecule has 7 heteroatoms. The first kappa shape index (κ1) is 16.0. The monoisotopic (exact) mass is 333 g/mol. The Bertz CT molecular complexity index is 838. The van der Waals surface area contributed by atoms with E-state index < -0.39 is 17.6 Å². The molecule has 0 saturated heterocycles. The zero-order valence-electron chi connectivity index (χ0n) is 12.5. The summed E-state index contributed by atoms with van der Waals surface area (Å²) in [4.78, 5) is 19.5. The van der Waals surface area contributed by atoms with Gasteiger partial charge >= 0.3 is 6.18 Å². The highest BCUT2D eigenvalue weighted by atomic mass is 19.4. The number of para-hydroxylation sites is 2. The predicted octanol–water partition coefficient (Wildman–Crippen LogP) is 3.55. The lowest BCUT2D eigenvalue weighted by Gasteiger charge is -2.09. The third-order valence-electron chi connectivity index (χ3n) is 3.54. The number of rotatable bonds is 4. The van der Waals surface area contributed by atoms with E-state index in [4.69, 9.17) is 0 Å². The van der Waals surface area contributed by atoms with Gasteiger partial charge in [-0.3, -0.25) is 4.79 Å². The second kappa shape index (κ2) is 6.35. The quantitative estimate of drug-likeness (QED) is 0.767. The summed E-state index contributed by atoms with van der Waals surface area (Å²) in [6, 6.07) is 11.9. The summed E-state index contributed by atoms with van der Waals surface area (Å²) in [7, 11) is 0. The zero-order valence-corrected chi connectivity index (χ0v) is 12.5. The number of aromatic nitrogens is 2. The molecule has 0 fully saturated rings. The minimum atomic E-state index is -4.47. The fourth-order valence-electron chi connectivity index (χ4n) is 2.36. The Hall–Kier alpha value is -2.83. The van der Waals surface area contributed by atoms with Gasteiger partial charge in [0.05, 0.1) is 16.6 Å². The molecule has 0 bridgehead atoms. The zero-order chi connectivity index (χ0) is 17.2. The van der Waals surface area contributed by atoms with Gasteiger partial charge in [0.25, 0.3) is 5.91 Å². The Morgan fingerprint density at radius 2 is 1.92 bits per heavy atom. The maximum atomic E-state index is 12.7. The molecule has 4 nitrogen and oxygen atoms in total. The van der Waals surface area contributed by atoms with Gasteiger partial charge in [-0.2, -0.15) is 13.2 Å². The molecule has 24 heavy (non-hydrogen) atoms. The van der Waals surface area contributed by atoms with Gasteiger partial charge in [0.1, 0.15) is 5.82 Å². The molecular formula is C17H14F3N3O. The van der Waals surface area contributed by atoms with Crippen molar-refractivity contribution >= 4 is 16.9 Å². The largest absolute Gasteiger partial charge is 0.416 e. The first-order valence-electron chi connectivity index (χ1n) is 7.32. The summed E-state index contributed by atoms with van der Waals surface area (Å²) in [5.74, 6) is 0.165. The van der Waals surface area contributed by atoms with Crippen LogP contribution in [0.25, 0.3) is 11.0 Å². The fourth-order valence-corrected chi connectivity index (χ4v) is 2.36. The molecule has 0 aliphatic heterocycles. The van der Waals surface area contributed by atoms with Crippen molar-refractivity contribution in [3.63, 3.8) is 0 Å². The Morgan fingerprint density at radius 3 is 2.67 bits per heavy atom. The van der Waals surface area contributed by atoms with Crippen LogP contribution in [-0.2, 0) is 12.6 Å². The number of hydrogen-bond donors (Lipinski definition) is 2. The highest BCUT2D eigenvalue weighted by molar-refractivity contribution is 5.94. The van der Waals surface area contributed by atoms with E-state index in [1.807, 2.05) is 24.3 Å². The van der Waals surface area contributed by atoms with Crippen LogP contribution in [-0.4, -0.2) is 22.4 Å². The normalized spacial score (nSPS) is 11.6. The molecule has 1 amide bonds. The Balaban J connectivity index is 1.61. The number of H-pyrrole nitrogens is 1. The molecule has 1 heterocycles. The lowest BCUT2D eigenvalue weighted by atomic mass is 10.1. The third-order valence-corrected chi connectivity index (χ3v) is 3.54. The number of alkyl halides is 3. The van der Waals surface area contributed by atoms with E-state index in [0.717, 1.165) is 23.2 Å². The summed E-state index contributed by atoms with van der Waals surface area (Å²) in [6.07, 6.45) is -4.01. The second-order valence-corrected chi connectivity index (χ2v) is 5.29. The SMILES string of the molecule is O=C(NCCc1nc2ccccc2[nH]1)c1cccc(C(F)(F)F)c1. The van der Waals surface area contributed by atoms with Crippen molar-refractivity contribution < 1.29 is 18.0 Å². The van der Waals surface area contributed by atoms with Crippen LogP contribution >= 0.6 is 0 Å². The van der Waals surface area contributed by atoms with Crippen LogP contribution in [0.15, 0.2) is 48.5 Å². The fraction of sp³-hybridized carbons (Fsp3) is 0.176. The van der Waals surface area contributed by atoms with Crippen LogP contribution < -0.4 is 5.32 Å². The Morgan fingerprint density at radius 1 is 1.12 bits per heavy atom. The molecule has 0 radical (unpaired) electrons. The molecule has 0 atom stereocenters. The molecule has 2 aromatic carbocycles. The van der Waals surface area contributed by atoms with E-state index in [9.17, 15) is 18.0 Å². The number of halogens is 3. The van der Waals surface area contributed by atoms with Gasteiger partial charge in [-0.05, 0) is 30.3 Å². The number of benzene rings is 2. The molecule has 0 saturated carbocycles. The highest BCUT2D eigenvalue weighted by Crippen LogP contribution is 2.29. The predicted molar refractivity (Wildman–Crippen MR) is 83.6 cm³/mol. The molecule has 0 unspecified atom stereocenters. The average Bonchev–Trinajstić information content (AvgIpc) is 2.97. The Kier molecular flexibility index (Phi) is 4.24. The van der Waals surface area contributed by atoms with Crippen molar-refractivity contribution in [3.05, 3.63) is 65.5 Å². The third kappa shape index (κ3) is 3.56. The van der Waals surface area contributed by atoms with E-state index in [2.05, 4.69) is 15.3 Å². The standard InChI is InChI=1S/C17H14F3N3O/c18-17(19,20)12-5-3-4-11(10-12)16(24)21-9-8-15-22-13-6-1-2-7-14(13)23-15/h1-7,10H,8-9H2,(H,21,24)(H,22,23). The van der Waals surface area contributed by atoms with Gasteiger partial charge in [0, 0.05) is 18.5 Å². The highest BCUT2D eigenvalue weighted by Gasteiger charge is 2.30. The second-order valence-electron chi connectivity index (χ2n) is 5.29. The molecule has 3 rings (SSSR count). The summed E-state index contributed by atoms with van der Waals surface area (Å²) < 4.78 is 38.0. The number of imidazole rings is 1. The van der Waals surface area contributed by atoms with Crippen LogP contribution in [0.4, 0.5) is 13.2 Å². The average molecular weight is 333 g/mol. The van der Waals surface area contributed by atoms with Crippen LogP contribution in [0.3, 0.4) is 0 Å². The molecule has 0 aliphatic carbocycles. The summed E-state index contributed by atoms with van der Waals surface area (Å²) >= 11 is 0. The van der Waals surface area contributed by atoms with Crippen molar-refractivity contribution in [2.24, 2.45) is 0 Å². The van der Waals surface area contributed by atoms with E-state index in [-0.39, 0.29) is 12.1 Å². The van der Waals surface area contributed by atoms with Crippen LogP contribution in [0.1, 0.15) is 21.7 Å². The molecule has 2 N–H and O–H groups in total. The molecule has 3 aromatic rings. The van der Waals surface area contributed by atoms with E-state index in [1.54, 1.807) is 0 Å². The van der Waals surface area contributed by atoms with Gasteiger partial charge < -0.3 is 10.3 Å². The summed E-state index contributed by atoms with van der Waals surface area (Å²) in [5.41, 5.74) is 0.871. The minimum Gasteiger partial charge on any atom is -0.352 e. The van der Waals surface area contributed by atoms with Crippen molar-refractivity contribution in [2.45, 2.75) is 12.6 Å². The molecule has 124 valence electrons. The Labute approximate surface area is 135 Å². The number of amides is 1. The van der Waals surface area contributed by atoms with Gasteiger partial charge in [0.15, 0.2) is 0 Å². The van der Waals surface area contributed by atoms with Gasteiger partial charge in [-0.25, -0.2) is 4.98 Å². The minimum absolute atomic E-state index is 0.0190. The number of carbonyl (C=O) groups excluding carboxylic acids is 1. The number of aromatic amines is 1. The van der Waals surface area contributed by atoms with Crippen LogP contribution in [0.5, 0.6) is 0 Å². The van der Waals surface area contributed by atoms with E-state index in [1.165, 1.54) is 12.1 Å². The number of carbonyl (C=O) groups is 1. The van der Waals surface area contributed by atoms with E-state index >= 15 is 0 Å². The van der Waals surface area contributed by atoms with Crippen molar-refractivity contribution in [2.75, 3.05) is 6.54 Å².